The van der Waals surface area contributed by atoms with Gasteiger partial charge in [-0.05, 0) is 25.8 Å². The average Bonchev–Trinajstić information content (AvgIpc) is 2.79. The standard InChI is InChI=1S/C12H18N2O2/c1-9(13)11-5-2-6-14-12(11)16-8-10-4-3-7-15-10/h2,5-6,9-10H,3-4,7-8,13H2,1H3/t9-,10?/m0/s1. The summed E-state index contributed by atoms with van der Waals surface area (Å²) in [6.07, 6.45) is 4.12. The second kappa shape index (κ2) is 5.27. The van der Waals surface area contributed by atoms with Crippen LogP contribution in [0.25, 0.3) is 0 Å². The Morgan fingerprint density at radius 1 is 1.69 bits per heavy atom. The van der Waals surface area contributed by atoms with E-state index in [1.165, 1.54) is 0 Å². The van der Waals surface area contributed by atoms with Gasteiger partial charge >= 0.3 is 0 Å². The molecule has 2 N–H and O–H groups in total. The van der Waals surface area contributed by atoms with Crippen LogP contribution in [0, 0.1) is 0 Å². The maximum atomic E-state index is 5.85. The Morgan fingerprint density at radius 2 is 2.56 bits per heavy atom. The van der Waals surface area contributed by atoms with Gasteiger partial charge in [0.15, 0.2) is 0 Å². The lowest BCUT2D eigenvalue weighted by Crippen LogP contribution is -2.18. The third-order valence-corrected chi connectivity index (χ3v) is 2.72. The number of aromatic nitrogens is 1. The summed E-state index contributed by atoms with van der Waals surface area (Å²) in [5.41, 5.74) is 6.79. The zero-order valence-corrected chi connectivity index (χ0v) is 9.56. The van der Waals surface area contributed by atoms with Gasteiger partial charge in [0.1, 0.15) is 6.61 Å². The third-order valence-electron chi connectivity index (χ3n) is 2.72. The van der Waals surface area contributed by atoms with E-state index in [2.05, 4.69) is 4.98 Å². The molecule has 4 nitrogen and oxygen atoms in total. The van der Waals surface area contributed by atoms with Crippen molar-refractivity contribution in [2.75, 3.05) is 13.2 Å². The number of rotatable bonds is 4. The monoisotopic (exact) mass is 222 g/mol. The molecule has 16 heavy (non-hydrogen) atoms. The van der Waals surface area contributed by atoms with Gasteiger partial charge in [-0.3, -0.25) is 0 Å². The predicted octanol–water partition coefficient (Wildman–Crippen LogP) is 1.66. The lowest BCUT2D eigenvalue weighted by molar-refractivity contribution is 0.0658. The van der Waals surface area contributed by atoms with Crippen molar-refractivity contribution in [1.82, 2.24) is 4.98 Å². The van der Waals surface area contributed by atoms with E-state index >= 15 is 0 Å². The van der Waals surface area contributed by atoms with Crippen LogP contribution >= 0.6 is 0 Å². The average molecular weight is 222 g/mol. The van der Waals surface area contributed by atoms with Gasteiger partial charge in [-0.15, -0.1) is 0 Å². The highest BCUT2D eigenvalue weighted by Crippen LogP contribution is 2.21. The molecule has 0 aliphatic carbocycles. The van der Waals surface area contributed by atoms with E-state index < -0.39 is 0 Å². The van der Waals surface area contributed by atoms with E-state index in [9.17, 15) is 0 Å². The van der Waals surface area contributed by atoms with Crippen molar-refractivity contribution < 1.29 is 9.47 Å². The van der Waals surface area contributed by atoms with E-state index in [1.54, 1.807) is 6.20 Å². The number of ether oxygens (including phenoxy) is 2. The van der Waals surface area contributed by atoms with Gasteiger partial charge in [0.05, 0.1) is 6.10 Å². The van der Waals surface area contributed by atoms with Gasteiger partial charge in [0.2, 0.25) is 5.88 Å². The highest BCUT2D eigenvalue weighted by atomic mass is 16.5. The summed E-state index contributed by atoms with van der Waals surface area (Å²) in [7, 11) is 0. The molecule has 1 aliphatic heterocycles. The van der Waals surface area contributed by atoms with Crippen LogP contribution < -0.4 is 10.5 Å². The number of hydrogen-bond donors (Lipinski definition) is 1. The Labute approximate surface area is 95.8 Å². The summed E-state index contributed by atoms with van der Waals surface area (Å²) in [4.78, 5) is 4.20. The van der Waals surface area contributed by atoms with Crippen molar-refractivity contribution in [1.29, 1.82) is 0 Å². The molecule has 1 aromatic heterocycles. The normalized spacial score (nSPS) is 22.0. The van der Waals surface area contributed by atoms with Gasteiger partial charge in [-0.1, -0.05) is 6.07 Å². The fourth-order valence-corrected chi connectivity index (χ4v) is 1.82. The zero-order chi connectivity index (χ0) is 11.4. The Bertz CT molecular complexity index is 336. The first-order chi connectivity index (χ1) is 7.77. The largest absolute Gasteiger partial charge is 0.475 e. The minimum absolute atomic E-state index is 0.0619. The van der Waals surface area contributed by atoms with Crippen LogP contribution in [0.2, 0.25) is 0 Å². The molecule has 2 heterocycles. The summed E-state index contributed by atoms with van der Waals surface area (Å²) in [5, 5.41) is 0. The summed E-state index contributed by atoms with van der Waals surface area (Å²) in [6, 6.07) is 3.76. The van der Waals surface area contributed by atoms with Crippen molar-refractivity contribution in [2.45, 2.75) is 31.9 Å². The van der Waals surface area contributed by atoms with Crippen LogP contribution in [0.15, 0.2) is 18.3 Å². The van der Waals surface area contributed by atoms with Crippen molar-refractivity contribution in [3.05, 3.63) is 23.9 Å². The van der Waals surface area contributed by atoms with Crippen molar-refractivity contribution in [2.24, 2.45) is 5.73 Å². The fourth-order valence-electron chi connectivity index (χ4n) is 1.82. The van der Waals surface area contributed by atoms with Crippen molar-refractivity contribution in [3.63, 3.8) is 0 Å². The molecule has 0 radical (unpaired) electrons. The van der Waals surface area contributed by atoms with Gasteiger partial charge in [-0.25, -0.2) is 4.98 Å². The Morgan fingerprint density at radius 3 is 3.25 bits per heavy atom. The topological polar surface area (TPSA) is 57.4 Å². The molecule has 1 unspecified atom stereocenters. The summed E-state index contributed by atoms with van der Waals surface area (Å²) < 4.78 is 11.2. The first kappa shape index (κ1) is 11.4. The van der Waals surface area contributed by atoms with E-state index in [0.29, 0.717) is 12.5 Å². The molecule has 88 valence electrons. The van der Waals surface area contributed by atoms with E-state index in [0.717, 1.165) is 25.0 Å². The van der Waals surface area contributed by atoms with Crippen LogP contribution in [0.4, 0.5) is 0 Å². The lowest BCUT2D eigenvalue weighted by Gasteiger charge is -2.14. The van der Waals surface area contributed by atoms with E-state index in [4.69, 9.17) is 15.2 Å². The summed E-state index contributed by atoms with van der Waals surface area (Å²) in [6.45, 7) is 3.34. The van der Waals surface area contributed by atoms with Gasteiger partial charge in [-0.2, -0.15) is 0 Å². The van der Waals surface area contributed by atoms with E-state index in [1.807, 2.05) is 19.1 Å². The van der Waals surface area contributed by atoms with Crippen LogP contribution in [0.5, 0.6) is 5.88 Å². The molecule has 0 bridgehead atoms. The number of hydrogen-bond acceptors (Lipinski definition) is 4. The molecule has 0 amide bonds. The maximum Gasteiger partial charge on any atom is 0.218 e. The first-order valence-corrected chi connectivity index (χ1v) is 5.72. The van der Waals surface area contributed by atoms with Crippen molar-refractivity contribution >= 4 is 0 Å². The van der Waals surface area contributed by atoms with Gasteiger partial charge in [0.25, 0.3) is 0 Å². The first-order valence-electron chi connectivity index (χ1n) is 5.72. The third kappa shape index (κ3) is 2.71. The summed E-state index contributed by atoms with van der Waals surface area (Å²) in [5.74, 6) is 0.632. The van der Waals surface area contributed by atoms with Crippen LogP contribution in [0.3, 0.4) is 0 Å². The Balaban J connectivity index is 1.97. The fraction of sp³-hybridized carbons (Fsp3) is 0.583. The Kier molecular flexibility index (Phi) is 3.74. The number of nitrogens with zero attached hydrogens (tertiary/aromatic N) is 1. The molecule has 0 spiro atoms. The quantitative estimate of drug-likeness (QED) is 0.841. The smallest absolute Gasteiger partial charge is 0.218 e. The maximum absolute atomic E-state index is 5.85. The van der Waals surface area contributed by atoms with Crippen LogP contribution in [-0.2, 0) is 4.74 Å². The SMILES string of the molecule is C[C@H](N)c1cccnc1OCC1CCCO1. The molecule has 1 fully saturated rings. The molecule has 0 saturated carbocycles. The van der Waals surface area contributed by atoms with Crippen LogP contribution in [-0.4, -0.2) is 24.3 Å². The predicted molar refractivity (Wildman–Crippen MR) is 61.3 cm³/mol. The molecule has 1 aliphatic rings. The second-order valence-corrected chi connectivity index (χ2v) is 4.13. The molecule has 1 aromatic rings. The molecular weight excluding hydrogens is 204 g/mol. The summed E-state index contributed by atoms with van der Waals surface area (Å²) >= 11 is 0. The van der Waals surface area contributed by atoms with Gasteiger partial charge < -0.3 is 15.2 Å². The minimum atomic E-state index is -0.0619. The zero-order valence-electron chi connectivity index (χ0n) is 9.56. The molecule has 4 heteroatoms. The number of pyridine rings is 1. The van der Waals surface area contributed by atoms with Gasteiger partial charge in [0, 0.05) is 24.4 Å². The molecular formula is C12H18N2O2. The molecule has 2 rings (SSSR count). The number of nitrogens with two attached hydrogens (primary N) is 1. The Hall–Kier alpha value is -1.13. The second-order valence-electron chi connectivity index (χ2n) is 4.13. The van der Waals surface area contributed by atoms with E-state index in [-0.39, 0.29) is 12.1 Å². The highest BCUT2D eigenvalue weighted by Gasteiger charge is 2.17. The minimum Gasteiger partial charge on any atom is -0.475 e. The van der Waals surface area contributed by atoms with Crippen LogP contribution in [0.1, 0.15) is 31.4 Å². The molecule has 0 aromatic carbocycles. The highest BCUT2D eigenvalue weighted by molar-refractivity contribution is 5.28. The van der Waals surface area contributed by atoms with Crippen molar-refractivity contribution in [3.8, 4) is 5.88 Å². The molecule has 1 saturated heterocycles. The molecule has 2 atom stereocenters. The lowest BCUT2D eigenvalue weighted by atomic mass is 10.1.